The second-order valence-electron chi connectivity index (χ2n) is 4.43. The molecule has 4 nitrogen and oxygen atoms in total. The van der Waals surface area contributed by atoms with Gasteiger partial charge in [-0.2, -0.15) is 0 Å². The first-order valence-electron chi connectivity index (χ1n) is 6.05. The lowest BCUT2D eigenvalue weighted by Gasteiger charge is -2.17. The minimum atomic E-state index is -0.581. The Labute approximate surface area is 128 Å². The molecule has 2 aromatic carbocycles. The second-order valence-corrected chi connectivity index (χ2v) is 5.28. The van der Waals surface area contributed by atoms with E-state index in [0.717, 1.165) is 11.0 Å². The van der Waals surface area contributed by atoms with E-state index in [2.05, 4.69) is 15.9 Å². The van der Waals surface area contributed by atoms with Crippen LogP contribution in [-0.4, -0.2) is 18.9 Å². The van der Waals surface area contributed by atoms with Gasteiger partial charge in [0.05, 0.1) is 28.4 Å². The first-order chi connectivity index (χ1) is 10.0. The number of carbonyl (C=O) groups is 2. The Bertz CT molecular complexity index is 741. The van der Waals surface area contributed by atoms with E-state index in [-0.39, 0.29) is 15.9 Å². The lowest BCUT2D eigenvalue weighted by atomic mass is 10.1. The Morgan fingerprint density at radius 3 is 2.19 bits per heavy atom. The number of imide groups is 1. The molecule has 1 aliphatic heterocycles. The molecule has 0 spiro atoms. The van der Waals surface area contributed by atoms with Crippen LogP contribution in [0.25, 0.3) is 0 Å². The summed E-state index contributed by atoms with van der Waals surface area (Å²) >= 11 is 3.04. The molecule has 0 saturated heterocycles. The zero-order chi connectivity index (χ0) is 15.1. The maximum Gasteiger partial charge on any atom is 0.266 e. The van der Waals surface area contributed by atoms with Crippen LogP contribution in [0.3, 0.4) is 0 Å². The molecule has 6 heteroatoms. The summed E-state index contributed by atoms with van der Waals surface area (Å²) in [7, 11) is 1.39. The van der Waals surface area contributed by atoms with E-state index in [4.69, 9.17) is 4.74 Å². The number of rotatable bonds is 2. The number of carbonyl (C=O) groups excluding carboxylic acids is 2. The number of ether oxygens (including phenoxy) is 1. The van der Waals surface area contributed by atoms with E-state index in [1.165, 1.54) is 13.2 Å². The van der Waals surface area contributed by atoms with Crippen molar-refractivity contribution in [2.24, 2.45) is 0 Å². The number of benzene rings is 2. The summed E-state index contributed by atoms with van der Waals surface area (Å²) in [6, 6.07) is 8.97. The van der Waals surface area contributed by atoms with Crippen LogP contribution in [0, 0.1) is 5.82 Å². The molecule has 0 aliphatic carbocycles. The number of fused-ring (bicyclic) bond motifs is 1. The van der Waals surface area contributed by atoms with Gasteiger partial charge >= 0.3 is 0 Å². The van der Waals surface area contributed by atoms with E-state index in [9.17, 15) is 14.0 Å². The number of hydrogen-bond acceptors (Lipinski definition) is 3. The van der Waals surface area contributed by atoms with Crippen LogP contribution in [0.2, 0.25) is 0 Å². The smallest absolute Gasteiger partial charge is 0.266 e. The monoisotopic (exact) mass is 349 g/mol. The van der Waals surface area contributed by atoms with Crippen molar-refractivity contribution >= 4 is 33.4 Å². The molecular formula is C15H9BrFNO3. The molecule has 3 rings (SSSR count). The van der Waals surface area contributed by atoms with Crippen molar-refractivity contribution in [2.75, 3.05) is 12.0 Å². The van der Waals surface area contributed by atoms with E-state index < -0.39 is 17.6 Å². The summed E-state index contributed by atoms with van der Waals surface area (Å²) in [5.41, 5.74) is 0.685. The molecule has 0 unspecified atom stereocenters. The molecule has 1 aliphatic rings. The average Bonchev–Trinajstić information content (AvgIpc) is 2.74. The van der Waals surface area contributed by atoms with Gasteiger partial charge in [-0.05, 0) is 34.1 Å². The Morgan fingerprint density at radius 1 is 1.10 bits per heavy atom. The quantitative estimate of drug-likeness (QED) is 0.780. The minimum Gasteiger partial charge on any atom is -0.495 e. The number of nitrogens with zero attached hydrogens (tertiary/aromatic N) is 1. The summed E-state index contributed by atoms with van der Waals surface area (Å²) in [5.74, 6) is -1.33. The van der Waals surface area contributed by atoms with Crippen LogP contribution in [0.1, 0.15) is 20.7 Å². The molecule has 0 fully saturated rings. The van der Waals surface area contributed by atoms with Gasteiger partial charge in [0.25, 0.3) is 11.8 Å². The number of anilines is 1. The second kappa shape index (κ2) is 4.96. The molecule has 0 N–H and O–H groups in total. The normalized spacial score (nSPS) is 13.6. The highest BCUT2D eigenvalue weighted by Crippen LogP contribution is 2.37. The van der Waals surface area contributed by atoms with Crippen LogP contribution in [-0.2, 0) is 0 Å². The van der Waals surface area contributed by atoms with Crippen molar-refractivity contribution in [2.45, 2.75) is 0 Å². The Morgan fingerprint density at radius 2 is 1.67 bits per heavy atom. The van der Waals surface area contributed by atoms with Gasteiger partial charge in [0.2, 0.25) is 0 Å². The van der Waals surface area contributed by atoms with Gasteiger partial charge in [-0.1, -0.05) is 12.1 Å². The van der Waals surface area contributed by atoms with Crippen molar-refractivity contribution in [3.05, 3.63) is 57.8 Å². The Balaban J connectivity index is 2.17. The van der Waals surface area contributed by atoms with Gasteiger partial charge in [-0.3, -0.25) is 9.59 Å². The molecule has 0 bridgehead atoms. The summed E-state index contributed by atoms with van der Waals surface area (Å²) in [5, 5.41) is 0. The molecule has 2 aromatic rings. The molecule has 0 aromatic heterocycles. The van der Waals surface area contributed by atoms with E-state index in [1.54, 1.807) is 24.3 Å². The number of halogens is 2. The van der Waals surface area contributed by atoms with E-state index in [1.807, 2.05) is 0 Å². The SMILES string of the molecule is COc1cc(Br)c(F)cc1N1C(=O)c2ccccc2C1=O. The molecular weight excluding hydrogens is 341 g/mol. The summed E-state index contributed by atoms with van der Waals surface area (Å²) < 4.78 is 19.1. The largest absolute Gasteiger partial charge is 0.495 e. The Kier molecular flexibility index (Phi) is 3.25. The fourth-order valence-corrected chi connectivity index (χ4v) is 2.59. The van der Waals surface area contributed by atoms with Crippen LogP contribution < -0.4 is 9.64 Å². The Hall–Kier alpha value is -2.21. The zero-order valence-electron chi connectivity index (χ0n) is 10.9. The third kappa shape index (κ3) is 2.03. The average molecular weight is 350 g/mol. The predicted molar refractivity (Wildman–Crippen MR) is 78.2 cm³/mol. The highest BCUT2D eigenvalue weighted by molar-refractivity contribution is 9.10. The number of methoxy groups -OCH3 is 1. The lowest BCUT2D eigenvalue weighted by Crippen LogP contribution is -2.29. The number of hydrogen-bond donors (Lipinski definition) is 0. The minimum absolute atomic E-state index is 0.0874. The summed E-state index contributed by atoms with van der Waals surface area (Å²) in [4.78, 5) is 25.7. The third-order valence-electron chi connectivity index (χ3n) is 3.26. The number of amides is 2. The predicted octanol–water partition coefficient (Wildman–Crippen LogP) is 3.40. The fourth-order valence-electron chi connectivity index (χ4n) is 2.26. The van der Waals surface area contributed by atoms with Crippen molar-refractivity contribution in [1.29, 1.82) is 0 Å². The zero-order valence-corrected chi connectivity index (χ0v) is 12.5. The fraction of sp³-hybridized carbons (Fsp3) is 0.0667. The molecule has 0 atom stereocenters. The van der Waals surface area contributed by atoms with Gasteiger partial charge in [0.15, 0.2) is 0 Å². The highest BCUT2D eigenvalue weighted by Gasteiger charge is 2.38. The molecule has 0 saturated carbocycles. The van der Waals surface area contributed by atoms with Gasteiger partial charge in [-0.25, -0.2) is 9.29 Å². The highest BCUT2D eigenvalue weighted by atomic mass is 79.9. The standard InChI is InChI=1S/C15H9BrFNO3/c1-21-13-6-10(16)11(17)7-12(13)18-14(19)8-4-2-3-5-9(8)15(18)20/h2-7H,1H3. The molecule has 0 radical (unpaired) electrons. The van der Waals surface area contributed by atoms with Crippen molar-refractivity contribution in [3.8, 4) is 5.75 Å². The van der Waals surface area contributed by atoms with Crippen LogP contribution in [0.15, 0.2) is 40.9 Å². The van der Waals surface area contributed by atoms with E-state index in [0.29, 0.717) is 11.1 Å². The molecule has 21 heavy (non-hydrogen) atoms. The topological polar surface area (TPSA) is 46.6 Å². The van der Waals surface area contributed by atoms with Crippen LogP contribution in [0.4, 0.5) is 10.1 Å². The first kappa shape index (κ1) is 13.8. The van der Waals surface area contributed by atoms with Crippen molar-refractivity contribution in [1.82, 2.24) is 0 Å². The summed E-state index contributed by atoms with van der Waals surface area (Å²) in [6.07, 6.45) is 0. The van der Waals surface area contributed by atoms with E-state index >= 15 is 0 Å². The molecule has 1 heterocycles. The maximum absolute atomic E-state index is 13.8. The molecule has 106 valence electrons. The van der Waals surface area contributed by atoms with Crippen molar-refractivity contribution in [3.63, 3.8) is 0 Å². The first-order valence-corrected chi connectivity index (χ1v) is 6.84. The summed E-state index contributed by atoms with van der Waals surface area (Å²) in [6.45, 7) is 0. The lowest BCUT2D eigenvalue weighted by molar-refractivity contribution is 0.0925. The maximum atomic E-state index is 13.8. The van der Waals surface area contributed by atoms with Crippen LogP contribution >= 0.6 is 15.9 Å². The van der Waals surface area contributed by atoms with Gasteiger partial charge < -0.3 is 4.74 Å². The van der Waals surface area contributed by atoms with Gasteiger partial charge in [-0.15, -0.1) is 0 Å². The van der Waals surface area contributed by atoms with Crippen LogP contribution in [0.5, 0.6) is 5.75 Å². The third-order valence-corrected chi connectivity index (χ3v) is 3.86. The van der Waals surface area contributed by atoms with Gasteiger partial charge in [0.1, 0.15) is 11.6 Å². The van der Waals surface area contributed by atoms with Gasteiger partial charge in [0, 0.05) is 6.07 Å². The molecule has 2 amide bonds. The van der Waals surface area contributed by atoms with Crippen molar-refractivity contribution < 1.29 is 18.7 Å².